The minimum Gasteiger partial charge on any atom is -0.452 e. The van der Waals surface area contributed by atoms with Crippen LogP contribution in [-0.2, 0) is 19.1 Å². The highest BCUT2D eigenvalue weighted by molar-refractivity contribution is 6.15. The number of carbonyl (C=O) groups is 4. The van der Waals surface area contributed by atoms with Crippen LogP contribution in [0.15, 0.2) is 49.6 Å². The van der Waals surface area contributed by atoms with Gasteiger partial charge in [0.05, 0.1) is 11.3 Å². The van der Waals surface area contributed by atoms with Crippen molar-refractivity contribution in [2.45, 2.75) is 18.5 Å². The zero-order chi connectivity index (χ0) is 21.2. The van der Waals surface area contributed by atoms with Crippen molar-refractivity contribution in [3.8, 4) is 0 Å². The Bertz CT molecular complexity index is 886. The largest absolute Gasteiger partial charge is 0.452 e. The molecule has 2 aliphatic heterocycles. The summed E-state index contributed by atoms with van der Waals surface area (Å²) in [6, 6.07) is 6.64. The van der Waals surface area contributed by atoms with E-state index in [0.29, 0.717) is 11.3 Å². The predicted octanol–water partition coefficient (Wildman–Crippen LogP) is 1.34. The molecule has 29 heavy (non-hydrogen) atoms. The molecule has 0 radical (unpaired) electrons. The monoisotopic (exact) mass is 397 g/mol. The van der Waals surface area contributed by atoms with E-state index in [2.05, 4.69) is 13.2 Å². The van der Waals surface area contributed by atoms with Crippen LogP contribution in [0, 0.1) is 0 Å². The predicted molar refractivity (Wildman–Crippen MR) is 106 cm³/mol. The number of hydrogen-bond acceptors (Lipinski definition) is 5. The van der Waals surface area contributed by atoms with Crippen LogP contribution in [0.2, 0.25) is 0 Å². The van der Waals surface area contributed by atoms with Gasteiger partial charge in [0.15, 0.2) is 6.61 Å². The molecule has 3 amide bonds. The van der Waals surface area contributed by atoms with Gasteiger partial charge in [-0.05, 0) is 12.1 Å². The first-order chi connectivity index (χ1) is 13.9. The van der Waals surface area contributed by atoms with Crippen LogP contribution in [0.25, 0.3) is 0 Å². The van der Waals surface area contributed by atoms with Crippen LogP contribution >= 0.6 is 0 Å². The molecular formula is C21H23N3O5. The summed E-state index contributed by atoms with van der Waals surface area (Å²) < 4.78 is 5.32. The van der Waals surface area contributed by atoms with Crippen molar-refractivity contribution in [3.63, 3.8) is 0 Å². The van der Waals surface area contributed by atoms with Crippen molar-refractivity contribution < 1.29 is 23.9 Å². The molecule has 1 atom stereocenters. The number of likely N-dealkylation sites (N-methyl/N-ethyl adjacent to an activating group) is 1. The molecule has 1 aromatic carbocycles. The van der Waals surface area contributed by atoms with Crippen molar-refractivity contribution in [2.75, 3.05) is 31.6 Å². The number of anilines is 1. The van der Waals surface area contributed by atoms with Crippen molar-refractivity contribution in [1.82, 2.24) is 9.80 Å². The fourth-order valence-corrected chi connectivity index (χ4v) is 3.81. The van der Waals surface area contributed by atoms with E-state index in [9.17, 15) is 19.2 Å². The maximum Gasteiger partial charge on any atom is 0.354 e. The molecule has 0 N–H and O–H groups in total. The topological polar surface area (TPSA) is 87.2 Å². The van der Waals surface area contributed by atoms with E-state index in [0.717, 1.165) is 0 Å². The highest BCUT2D eigenvalue weighted by atomic mass is 16.5. The van der Waals surface area contributed by atoms with Crippen LogP contribution in [0.1, 0.15) is 23.2 Å². The number of nitrogens with zero attached hydrogens (tertiary/aromatic N) is 3. The third-order valence-corrected chi connectivity index (χ3v) is 5.25. The molecule has 0 aliphatic carbocycles. The Labute approximate surface area is 169 Å². The number of amides is 3. The summed E-state index contributed by atoms with van der Waals surface area (Å²) in [6.07, 6.45) is 3.31. The second-order valence-electron chi connectivity index (χ2n) is 6.88. The van der Waals surface area contributed by atoms with Gasteiger partial charge in [0.25, 0.3) is 11.8 Å². The lowest BCUT2D eigenvalue weighted by atomic mass is 9.97. The lowest BCUT2D eigenvalue weighted by Crippen LogP contribution is -2.67. The average molecular weight is 397 g/mol. The Hall–Kier alpha value is -3.42. The van der Waals surface area contributed by atoms with Crippen molar-refractivity contribution in [3.05, 3.63) is 55.1 Å². The van der Waals surface area contributed by atoms with E-state index in [-0.39, 0.29) is 37.7 Å². The summed E-state index contributed by atoms with van der Waals surface area (Å²) in [5.41, 5.74) is -0.876. The smallest absolute Gasteiger partial charge is 0.354 e. The quantitative estimate of drug-likeness (QED) is 0.512. The average Bonchev–Trinajstić information content (AvgIpc) is 3.08. The highest BCUT2D eigenvalue weighted by Crippen LogP contribution is 2.44. The SMILES string of the molecule is C=CCN(CC=C)C(=O)COC(=O)[C@@]12CCC(=O)N1c1ccccc1C(=O)N2C. The number of fused-ring (bicyclic) bond motifs is 3. The molecule has 0 unspecified atom stereocenters. The molecule has 8 heteroatoms. The Morgan fingerprint density at radius 3 is 2.52 bits per heavy atom. The summed E-state index contributed by atoms with van der Waals surface area (Å²) in [6.45, 7) is 7.26. The zero-order valence-electron chi connectivity index (χ0n) is 16.3. The standard InChI is InChI=1S/C21H23N3O5/c1-4-12-23(13-5-2)18(26)14-29-20(28)21-11-10-17(25)24(21)16-9-7-6-8-15(16)19(27)22(21)3/h4-9H,1-2,10-14H2,3H3/t21-/m1/s1. The Morgan fingerprint density at radius 1 is 1.21 bits per heavy atom. The Morgan fingerprint density at radius 2 is 1.86 bits per heavy atom. The van der Waals surface area contributed by atoms with Crippen molar-refractivity contribution in [1.29, 1.82) is 0 Å². The van der Waals surface area contributed by atoms with E-state index < -0.39 is 24.1 Å². The van der Waals surface area contributed by atoms with Crippen molar-refractivity contribution >= 4 is 29.4 Å². The van der Waals surface area contributed by atoms with Crippen LogP contribution < -0.4 is 4.90 Å². The van der Waals surface area contributed by atoms with E-state index in [1.807, 2.05) is 0 Å². The van der Waals surface area contributed by atoms with Crippen molar-refractivity contribution in [2.24, 2.45) is 0 Å². The molecule has 1 saturated heterocycles. The van der Waals surface area contributed by atoms with E-state index in [1.165, 1.54) is 21.7 Å². The molecular weight excluding hydrogens is 374 g/mol. The summed E-state index contributed by atoms with van der Waals surface area (Å²) in [4.78, 5) is 55.0. The minimum atomic E-state index is -1.59. The van der Waals surface area contributed by atoms with Gasteiger partial charge in [0.1, 0.15) is 0 Å². The summed E-state index contributed by atoms with van der Waals surface area (Å²) in [7, 11) is 1.47. The van der Waals surface area contributed by atoms with Crippen LogP contribution in [0.4, 0.5) is 5.69 Å². The molecule has 0 spiro atoms. The Kier molecular flexibility index (Phi) is 5.54. The summed E-state index contributed by atoms with van der Waals surface area (Å²) in [5.74, 6) is -1.88. The van der Waals surface area contributed by atoms with Gasteiger partial charge in [-0.15, -0.1) is 13.2 Å². The molecule has 1 aromatic rings. The summed E-state index contributed by atoms with van der Waals surface area (Å²) in [5, 5.41) is 0. The number of hydrogen-bond donors (Lipinski definition) is 0. The van der Waals surface area contributed by atoms with Gasteiger partial charge in [-0.25, -0.2) is 4.79 Å². The maximum atomic E-state index is 13.1. The fourth-order valence-electron chi connectivity index (χ4n) is 3.81. The molecule has 8 nitrogen and oxygen atoms in total. The number of ether oxygens (including phenoxy) is 1. The molecule has 0 aromatic heterocycles. The lowest BCUT2D eigenvalue weighted by Gasteiger charge is -2.46. The van der Waals surface area contributed by atoms with Gasteiger partial charge in [0.2, 0.25) is 11.6 Å². The number of esters is 1. The molecule has 0 bridgehead atoms. The van der Waals surface area contributed by atoms with Gasteiger partial charge in [-0.1, -0.05) is 24.3 Å². The molecule has 2 aliphatic rings. The third kappa shape index (κ3) is 3.20. The second-order valence-corrected chi connectivity index (χ2v) is 6.88. The molecule has 3 rings (SSSR count). The van der Waals surface area contributed by atoms with E-state index in [4.69, 9.17) is 4.74 Å². The second kappa shape index (κ2) is 7.90. The van der Waals surface area contributed by atoms with Gasteiger partial charge in [-0.3, -0.25) is 19.3 Å². The van der Waals surface area contributed by atoms with Gasteiger partial charge in [-0.2, -0.15) is 0 Å². The first-order valence-corrected chi connectivity index (χ1v) is 9.25. The fraction of sp³-hybridized carbons (Fsp3) is 0.333. The molecule has 152 valence electrons. The van der Waals surface area contributed by atoms with Crippen LogP contribution in [-0.4, -0.2) is 65.9 Å². The number of benzene rings is 1. The van der Waals surface area contributed by atoms with Gasteiger partial charge < -0.3 is 14.5 Å². The molecule has 2 heterocycles. The maximum absolute atomic E-state index is 13.1. The van der Waals surface area contributed by atoms with E-state index in [1.54, 1.807) is 36.4 Å². The number of rotatable bonds is 7. The lowest BCUT2D eigenvalue weighted by molar-refractivity contribution is -0.161. The van der Waals surface area contributed by atoms with Crippen LogP contribution in [0.5, 0.6) is 0 Å². The van der Waals surface area contributed by atoms with E-state index >= 15 is 0 Å². The number of carbonyl (C=O) groups excluding carboxylic acids is 4. The third-order valence-electron chi connectivity index (χ3n) is 5.25. The summed E-state index contributed by atoms with van der Waals surface area (Å²) >= 11 is 0. The van der Waals surface area contributed by atoms with Crippen LogP contribution in [0.3, 0.4) is 0 Å². The normalized spacial score (nSPS) is 20.0. The van der Waals surface area contributed by atoms with Gasteiger partial charge >= 0.3 is 5.97 Å². The molecule has 0 saturated carbocycles. The first kappa shape index (κ1) is 20.3. The number of para-hydroxylation sites is 1. The minimum absolute atomic E-state index is 0.0913. The molecule has 1 fully saturated rings. The first-order valence-electron chi connectivity index (χ1n) is 9.25. The highest BCUT2D eigenvalue weighted by Gasteiger charge is 2.60. The van der Waals surface area contributed by atoms with Gasteiger partial charge in [0, 0.05) is 33.0 Å². The Balaban J connectivity index is 1.88. The zero-order valence-corrected chi connectivity index (χ0v) is 16.3.